The van der Waals surface area contributed by atoms with E-state index in [0.29, 0.717) is 5.69 Å². The zero-order chi connectivity index (χ0) is 15.4. The van der Waals surface area contributed by atoms with Crippen molar-refractivity contribution in [1.29, 1.82) is 0 Å². The summed E-state index contributed by atoms with van der Waals surface area (Å²) in [6.45, 7) is 6.36. The molecule has 1 aromatic carbocycles. The van der Waals surface area contributed by atoms with Gasteiger partial charge in [0.1, 0.15) is 0 Å². The molecule has 20 heavy (non-hydrogen) atoms. The molecule has 0 saturated heterocycles. The first kappa shape index (κ1) is 19.3. The van der Waals surface area contributed by atoms with Gasteiger partial charge in [0, 0.05) is 5.69 Å². The first-order valence-corrected chi connectivity index (χ1v) is 11.4. The van der Waals surface area contributed by atoms with E-state index < -0.39 is 5.97 Å². The van der Waals surface area contributed by atoms with Gasteiger partial charge < -0.3 is 10.8 Å². The van der Waals surface area contributed by atoms with E-state index in [4.69, 9.17) is 10.8 Å². The Morgan fingerprint density at radius 3 is 2.15 bits per heavy atom. The molecule has 0 fully saturated rings. The molecular weight excluding hydrogens is 357 g/mol. The molecule has 3 nitrogen and oxygen atoms in total. The molecule has 0 spiro atoms. The third kappa shape index (κ3) is 9.23. The Hall–Kier alpha value is -0.711. The Kier molecular flexibility index (Phi) is 11.6. The fourth-order valence-electron chi connectivity index (χ4n) is 1.54. The van der Waals surface area contributed by atoms with Crippen molar-refractivity contribution in [3.63, 3.8) is 0 Å². The zero-order valence-corrected chi connectivity index (χ0v) is 15.8. The molecule has 0 atom stereocenters. The molecule has 0 unspecified atom stereocenters. The van der Waals surface area contributed by atoms with E-state index in [-0.39, 0.29) is 26.7 Å². The normalized spacial score (nSPS) is 9.75. The topological polar surface area (TPSA) is 63.3 Å². The molecule has 0 heterocycles. The Labute approximate surface area is 133 Å². The summed E-state index contributed by atoms with van der Waals surface area (Å²) in [6, 6.07) is 4.64. The van der Waals surface area contributed by atoms with Gasteiger partial charge in [0.15, 0.2) is 0 Å². The van der Waals surface area contributed by atoms with Crippen LogP contribution >= 0.6 is 0 Å². The van der Waals surface area contributed by atoms with Crippen molar-refractivity contribution in [2.75, 3.05) is 5.73 Å². The third-order valence-electron chi connectivity index (χ3n) is 2.93. The number of aryl methyl sites for hydroxylation is 1. The van der Waals surface area contributed by atoms with Crippen molar-refractivity contribution in [2.45, 2.75) is 55.3 Å². The first-order chi connectivity index (χ1) is 9.52. The molecule has 0 aliphatic carbocycles. The number of anilines is 1. The summed E-state index contributed by atoms with van der Waals surface area (Å²) >= 11 is 0.149. The van der Waals surface area contributed by atoms with E-state index in [1.54, 1.807) is 27.9 Å². The number of hydrogen-bond donors (Lipinski definition) is 2. The molecule has 0 aromatic heterocycles. The molecule has 112 valence electrons. The average molecular weight is 384 g/mol. The standard InChI is InChI=1S/C8H9NO2.2C4H9.Sn/c1-5-4-6(8(10)11)2-3-7(5)9;2*1-3-4-2;/h2-4H,9H2,1H3,(H,10,11);2*1,3-4H2,2H3;. The van der Waals surface area contributed by atoms with Gasteiger partial charge in [-0.25, -0.2) is 4.79 Å². The van der Waals surface area contributed by atoms with Crippen molar-refractivity contribution >= 4 is 32.8 Å². The number of carbonyl (C=O) groups is 1. The number of carboxylic acid groups (broad SMARTS) is 1. The van der Waals surface area contributed by atoms with E-state index in [1.165, 1.54) is 31.7 Å². The number of nitrogens with two attached hydrogens (primary N) is 1. The van der Waals surface area contributed by atoms with Crippen LogP contribution in [0.5, 0.6) is 0 Å². The summed E-state index contributed by atoms with van der Waals surface area (Å²) in [4.78, 5) is 10.4. The predicted molar refractivity (Wildman–Crippen MR) is 87.7 cm³/mol. The summed E-state index contributed by atoms with van der Waals surface area (Å²) in [6.07, 6.45) is 5.84. The average Bonchev–Trinajstić information content (AvgIpc) is 2.42. The Morgan fingerprint density at radius 1 is 1.20 bits per heavy atom. The number of aromatic carboxylic acids is 1. The first-order valence-electron chi connectivity index (χ1n) is 7.33. The monoisotopic (exact) mass is 385 g/mol. The second-order valence-corrected chi connectivity index (χ2v) is 9.11. The van der Waals surface area contributed by atoms with Gasteiger partial charge >= 0.3 is 75.5 Å². The van der Waals surface area contributed by atoms with Crippen LogP contribution in [0.2, 0.25) is 8.87 Å². The van der Waals surface area contributed by atoms with Gasteiger partial charge in [0.05, 0.1) is 5.56 Å². The maximum Gasteiger partial charge on any atom is 0.335 e. The summed E-state index contributed by atoms with van der Waals surface area (Å²) in [5, 5.41) is 8.56. The SMILES string of the molecule is CCC[CH2][Sn][CH2]CCC.Cc1cc(C(=O)O)ccc1N. The Morgan fingerprint density at radius 2 is 1.75 bits per heavy atom. The van der Waals surface area contributed by atoms with E-state index in [0.717, 1.165) is 5.56 Å². The molecule has 4 heteroatoms. The molecule has 0 saturated carbocycles. The summed E-state index contributed by atoms with van der Waals surface area (Å²) in [5.74, 6) is -0.923. The van der Waals surface area contributed by atoms with Gasteiger partial charge in [-0.05, 0) is 30.7 Å². The maximum atomic E-state index is 10.4. The molecule has 0 amide bonds. The summed E-state index contributed by atoms with van der Waals surface area (Å²) in [5.41, 5.74) is 7.19. The smallest absolute Gasteiger partial charge is 0.335 e. The molecule has 0 aliphatic rings. The largest absolute Gasteiger partial charge is 0.478 e. The molecule has 0 aliphatic heterocycles. The van der Waals surface area contributed by atoms with Crippen molar-refractivity contribution in [3.8, 4) is 0 Å². The van der Waals surface area contributed by atoms with Crippen LogP contribution in [-0.2, 0) is 0 Å². The Balaban J connectivity index is 0.000000370. The minimum Gasteiger partial charge on any atom is -0.478 e. The maximum absolute atomic E-state index is 10.4. The van der Waals surface area contributed by atoms with Crippen LogP contribution in [0.3, 0.4) is 0 Å². The summed E-state index contributed by atoms with van der Waals surface area (Å²) < 4.78 is 3.25. The number of benzene rings is 1. The van der Waals surface area contributed by atoms with Gasteiger partial charge in [-0.1, -0.05) is 0 Å². The molecule has 0 bridgehead atoms. The third-order valence-corrected chi connectivity index (χ3v) is 6.97. The van der Waals surface area contributed by atoms with Crippen LogP contribution in [0, 0.1) is 6.92 Å². The number of rotatable bonds is 7. The van der Waals surface area contributed by atoms with Crippen LogP contribution in [0.15, 0.2) is 18.2 Å². The second-order valence-electron chi connectivity index (χ2n) is 4.83. The fourth-order valence-corrected chi connectivity index (χ4v) is 5.70. The van der Waals surface area contributed by atoms with Crippen molar-refractivity contribution < 1.29 is 9.90 Å². The number of hydrogen-bond acceptors (Lipinski definition) is 2. The number of unbranched alkanes of at least 4 members (excludes halogenated alkanes) is 2. The fraction of sp³-hybridized carbons (Fsp3) is 0.562. The van der Waals surface area contributed by atoms with Crippen molar-refractivity contribution in [2.24, 2.45) is 0 Å². The van der Waals surface area contributed by atoms with Gasteiger partial charge in [-0.3, -0.25) is 0 Å². The van der Waals surface area contributed by atoms with Gasteiger partial charge in [0.2, 0.25) is 0 Å². The molecule has 3 N–H and O–H groups in total. The zero-order valence-electron chi connectivity index (χ0n) is 12.9. The van der Waals surface area contributed by atoms with E-state index >= 15 is 0 Å². The van der Waals surface area contributed by atoms with E-state index in [1.807, 2.05) is 0 Å². The number of carboxylic acids is 1. The van der Waals surface area contributed by atoms with E-state index in [9.17, 15) is 4.79 Å². The Bertz CT molecular complexity index is 388. The molecule has 2 radical (unpaired) electrons. The van der Waals surface area contributed by atoms with Gasteiger partial charge in [-0.2, -0.15) is 0 Å². The van der Waals surface area contributed by atoms with Crippen LogP contribution in [0.1, 0.15) is 55.5 Å². The van der Waals surface area contributed by atoms with Crippen LogP contribution in [-0.4, -0.2) is 32.2 Å². The van der Waals surface area contributed by atoms with Crippen LogP contribution in [0.4, 0.5) is 5.69 Å². The second kappa shape index (κ2) is 12.1. The number of nitrogen functional groups attached to an aromatic ring is 1. The van der Waals surface area contributed by atoms with Crippen LogP contribution in [0.25, 0.3) is 0 Å². The summed E-state index contributed by atoms with van der Waals surface area (Å²) in [7, 11) is 0. The molecule has 1 rings (SSSR count). The molecule has 1 aromatic rings. The van der Waals surface area contributed by atoms with Crippen molar-refractivity contribution in [1.82, 2.24) is 0 Å². The van der Waals surface area contributed by atoms with Gasteiger partial charge in [-0.15, -0.1) is 0 Å². The van der Waals surface area contributed by atoms with Gasteiger partial charge in [0.25, 0.3) is 0 Å². The minimum atomic E-state index is -0.923. The minimum absolute atomic E-state index is 0.149. The van der Waals surface area contributed by atoms with Crippen LogP contribution < -0.4 is 5.73 Å². The van der Waals surface area contributed by atoms with E-state index in [2.05, 4.69) is 13.8 Å². The van der Waals surface area contributed by atoms with Crippen molar-refractivity contribution in [3.05, 3.63) is 29.3 Å². The molecular formula is C16H27NO2Sn. The quantitative estimate of drug-likeness (QED) is 0.416. The predicted octanol–water partition coefficient (Wildman–Crippen LogP) is 4.40.